The summed E-state index contributed by atoms with van der Waals surface area (Å²) in [5, 5.41) is 11.2. The van der Waals surface area contributed by atoms with E-state index in [1.807, 2.05) is 6.92 Å². The molecule has 1 atom stereocenters. The topological polar surface area (TPSA) is 153 Å². The van der Waals surface area contributed by atoms with Crippen LogP contribution in [0.15, 0.2) is 28.7 Å². The molecule has 2 aromatic rings. The van der Waals surface area contributed by atoms with Crippen molar-refractivity contribution in [1.82, 2.24) is 25.9 Å². The predicted octanol–water partition coefficient (Wildman–Crippen LogP) is 4.05. The maximum atomic E-state index is 13.9. The van der Waals surface area contributed by atoms with Gasteiger partial charge in [-0.25, -0.2) is 14.6 Å². The largest absolute Gasteiger partial charge is 0.450 e. The lowest BCUT2D eigenvalue weighted by atomic mass is 9.65. The molecule has 2 heterocycles. The Morgan fingerprint density at radius 1 is 1.07 bits per heavy atom. The van der Waals surface area contributed by atoms with Crippen LogP contribution in [0.4, 0.5) is 22.8 Å². The van der Waals surface area contributed by atoms with E-state index < -0.39 is 53.0 Å². The third kappa shape index (κ3) is 7.13. The van der Waals surface area contributed by atoms with Crippen molar-refractivity contribution in [2.75, 3.05) is 19.8 Å². The van der Waals surface area contributed by atoms with Gasteiger partial charge in [0.05, 0.1) is 25.1 Å². The van der Waals surface area contributed by atoms with Gasteiger partial charge in [0.2, 0.25) is 17.6 Å². The SMILES string of the molecule is CCCOC(=O)N[C@@](Cc1nnc(-c2ccc(C(F)(F)F)cc2)o1)(C(=O)C(=O)NN1CCOC1=O)C(C)(C)CCC. The van der Waals surface area contributed by atoms with Crippen molar-refractivity contribution in [2.24, 2.45) is 5.41 Å². The molecule has 1 aliphatic rings. The van der Waals surface area contributed by atoms with E-state index in [9.17, 15) is 32.3 Å². The first-order chi connectivity index (χ1) is 19.2. The zero-order valence-electron chi connectivity index (χ0n) is 23.1. The van der Waals surface area contributed by atoms with Crippen molar-refractivity contribution in [3.05, 3.63) is 35.7 Å². The second kappa shape index (κ2) is 12.6. The third-order valence-electron chi connectivity index (χ3n) is 6.72. The van der Waals surface area contributed by atoms with Gasteiger partial charge in [0.15, 0.2) is 0 Å². The maximum Gasteiger partial charge on any atom is 0.428 e. The molecule has 0 bridgehead atoms. The van der Waals surface area contributed by atoms with Gasteiger partial charge in [-0.2, -0.15) is 13.2 Å². The van der Waals surface area contributed by atoms with Crippen LogP contribution in [0.5, 0.6) is 0 Å². The normalized spacial score (nSPS) is 15.2. The molecule has 1 aliphatic heterocycles. The molecule has 3 rings (SSSR count). The first-order valence-corrected chi connectivity index (χ1v) is 13.0. The average molecular weight is 584 g/mol. The number of cyclic esters (lactones) is 1. The van der Waals surface area contributed by atoms with Crippen LogP contribution in [0.1, 0.15) is 58.4 Å². The average Bonchev–Trinajstić information content (AvgIpc) is 3.54. The molecule has 0 radical (unpaired) electrons. The summed E-state index contributed by atoms with van der Waals surface area (Å²) in [4.78, 5) is 51.9. The monoisotopic (exact) mass is 583 g/mol. The summed E-state index contributed by atoms with van der Waals surface area (Å²) in [6, 6.07) is 4.03. The van der Waals surface area contributed by atoms with E-state index in [1.54, 1.807) is 20.8 Å². The molecule has 41 heavy (non-hydrogen) atoms. The number of ether oxygens (including phenoxy) is 2. The zero-order valence-corrected chi connectivity index (χ0v) is 23.1. The van der Waals surface area contributed by atoms with Gasteiger partial charge in [-0.05, 0) is 42.5 Å². The molecule has 12 nitrogen and oxygen atoms in total. The smallest absolute Gasteiger partial charge is 0.428 e. The van der Waals surface area contributed by atoms with E-state index in [2.05, 4.69) is 20.9 Å². The van der Waals surface area contributed by atoms with Crippen LogP contribution in [0.2, 0.25) is 0 Å². The number of hydrogen-bond acceptors (Lipinski definition) is 9. The fourth-order valence-corrected chi connectivity index (χ4v) is 4.47. The minimum absolute atomic E-state index is 0.00925. The number of rotatable bonds is 12. The van der Waals surface area contributed by atoms with E-state index in [0.717, 1.165) is 29.3 Å². The van der Waals surface area contributed by atoms with Crippen LogP contribution >= 0.6 is 0 Å². The van der Waals surface area contributed by atoms with Crippen molar-refractivity contribution < 1.29 is 46.2 Å². The van der Waals surface area contributed by atoms with Gasteiger partial charge in [0.25, 0.3) is 0 Å². The molecule has 0 aliphatic carbocycles. The van der Waals surface area contributed by atoms with Crippen LogP contribution < -0.4 is 10.7 Å². The van der Waals surface area contributed by atoms with Crippen LogP contribution in [0.3, 0.4) is 0 Å². The highest BCUT2D eigenvalue weighted by Gasteiger charge is 2.55. The molecule has 0 unspecified atom stereocenters. The molecule has 1 aromatic heterocycles. The Morgan fingerprint density at radius 2 is 1.76 bits per heavy atom. The number of hydrazine groups is 1. The molecule has 15 heteroatoms. The van der Waals surface area contributed by atoms with Crippen molar-refractivity contribution >= 4 is 23.9 Å². The number of alkyl carbamates (subject to hydrolysis) is 1. The molecular formula is C26H32F3N5O7. The van der Waals surface area contributed by atoms with Gasteiger partial charge < -0.3 is 19.2 Å². The van der Waals surface area contributed by atoms with Crippen molar-refractivity contribution in [3.63, 3.8) is 0 Å². The van der Waals surface area contributed by atoms with E-state index >= 15 is 0 Å². The van der Waals surface area contributed by atoms with E-state index in [4.69, 9.17) is 13.9 Å². The van der Waals surface area contributed by atoms with Crippen molar-refractivity contribution in [3.8, 4) is 11.5 Å². The van der Waals surface area contributed by atoms with Gasteiger partial charge in [-0.15, -0.1) is 10.2 Å². The number of hydrogen-bond donors (Lipinski definition) is 2. The molecular weight excluding hydrogens is 551 g/mol. The van der Waals surface area contributed by atoms with Gasteiger partial charge >= 0.3 is 24.3 Å². The number of nitrogens with one attached hydrogen (secondary N) is 2. The van der Waals surface area contributed by atoms with Crippen molar-refractivity contribution in [2.45, 2.75) is 65.1 Å². The summed E-state index contributed by atoms with van der Waals surface area (Å²) < 4.78 is 54.6. The molecule has 224 valence electrons. The Kier molecular flexibility index (Phi) is 9.61. The summed E-state index contributed by atoms with van der Waals surface area (Å²) in [6.07, 6.45) is -5.44. The maximum absolute atomic E-state index is 13.9. The number of halogens is 3. The lowest BCUT2D eigenvalue weighted by Gasteiger charge is -2.44. The Labute approximate surface area is 233 Å². The van der Waals surface area contributed by atoms with Gasteiger partial charge in [-0.3, -0.25) is 15.0 Å². The Bertz CT molecular complexity index is 1260. The minimum Gasteiger partial charge on any atom is -0.450 e. The number of alkyl halides is 3. The summed E-state index contributed by atoms with van der Waals surface area (Å²) >= 11 is 0. The van der Waals surface area contributed by atoms with E-state index in [0.29, 0.717) is 19.3 Å². The number of benzene rings is 1. The summed E-state index contributed by atoms with van der Waals surface area (Å²) in [7, 11) is 0. The Balaban J connectivity index is 2.02. The highest BCUT2D eigenvalue weighted by Crippen LogP contribution is 2.40. The zero-order chi connectivity index (χ0) is 30.4. The predicted molar refractivity (Wildman–Crippen MR) is 136 cm³/mol. The number of ketones is 1. The highest BCUT2D eigenvalue weighted by molar-refractivity contribution is 6.40. The number of carbonyl (C=O) groups is 4. The van der Waals surface area contributed by atoms with Gasteiger partial charge in [-0.1, -0.05) is 34.1 Å². The minimum atomic E-state index is -4.53. The van der Waals surface area contributed by atoms with Crippen LogP contribution in [-0.4, -0.2) is 64.4 Å². The lowest BCUT2D eigenvalue weighted by molar-refractivity contribution is -0.147. The lowest BCUT2D eigenvalue weighted by Crippen LogP contribution is -2.68. The fourth-order valence-electron chi connectivity index (χ4n) is 4.47. The van der Waals surface area contributed by atoms with Crippen LogP contribution in [0, 0.1) is 5.41 Å². The van der Waals surface area contributed by atoms with Gasteiger partial charge in [0, 0.05) is 5.56 Å². The second-order valence-electron chi connectivity index (χ2n) is 10.1. The third-order valence-corrected chi connectivity index (χ3v) is 6.72. The first-order valence-electron chi connectivity index (χ1n) is 13.0. The summed E-state index contributed by atoms with van der Waals surface area (Å²) in [5.41, 5.74) is -1.59. The number of amides is 3. The first kappa shape index (κ1) is 31.4. The molecule has 1 fully saturated rings. The van der Waals surface area contributed by atoms with Crippen LogP contribution in [0.25, 0.3) is 11.5 Å². The van der Waals surface area contributed by atoms with E-state index in [-0.39, 0.29) is 37.1 Å². The summed E-state index contributed by atoms with van der Waals surface area (Å²) in [6.45, 7) is 7.01. The molecule has 1 saturated heterocycles. The molecule has 1 aromatic carbocycles. The standard InChI is InChI=1S/C26H32F3N5O7/c1-5-11-24(3,4)25(30-22(37)39-13-6-2,19(35)20(36)33-34-12-14-40-23(34)38)15-18-31-32-21(41-18)16-7-9-17(10-8-16)26(27,28)29/h7-10H,5-6,11-15H2,1-4H3,(H,30,37)(H,33,36)/t25-/m0/s1. The Morgan fingerprint density at radius 3 is 2.32 bits per heavy atom. The second-order valence-corrected chi connectivity index (χ2v) is 10.1. The van der Waals surface area contributed by atoms with E-state index in [1.165, 1.54) is 0 Å². The molecule has 0 spiro atoms. The fraction of sp³-hybridized carbons (Fsp3) is 0.538. The quantitative estimate of drug-likeness (QED) is 0.352. The number of Topliss-reactive ketones (excluding diaryl/α,β-unsaturated/α-hetero) is 1. The highest BCUT2D eigenvalue weighted by atomic mass is 19.4. The number of carbonyl (C=O) groups excluding carboxylic acids is 4. The molecule has 3 amide bonds. The molecule has 2 N–H and O–H groups in total. The summed E-state index contributed by atoms with van der Waals surface area (Å²) in [5.74, 6) is -2.63. The van der Waals surface area contributed by atoms with Crippen molar-refractivity contribution in [1.29, 1.82) is 0 Å². The molecule has 0 saturated carbocycles. The number of nitrogens with zero attached hydrogens (tertiary/aromatic N) is 3. The Hall–Kier alpha value is -4.17. The number of aromatic nitrogens is 2. The van der Waals surface area contributed by atoms with Crippen LogP contribution in [-0.2, 0) is 31.7 Å². The van der Waals surface area contributed by atoms with Gasteiger partial charge in [0.1, 0.15) is 12.1 Å².